The molecule has 1 heterocycles. The van der Waals surface area contributed by atoms with Crippen LogP contribution < -0.4 is 0 Å². The van der Waals surface area contributed by atoms with E-state index in [1.54, 1.807) is 13.0 Å². The second-order valence-electron chi connectivity index (χ2n) is 3.00. The summed E-state index contributed by atoms with van der Waals surface area (Å²) in [5.74, 6) is 0.368. The van der Waals surface area contributed by atoms with Gasteiger partial charge in [-0.2, -0.15) is 0 Å². The Hall–Kier alpha value is -1.35. The largest absolute Gasteiger partial charge is 0.461 e. The Labute approximate surface area is 74.6 Å². The second-order valence-corrected chi connectivity index (χ2v) is 3.00. The van der Waals surface area contributed by atoms with Gasteiger partial charge >= 0.3 is 0 Å². The van der Waals surface area contributed by atoms with E-state index in [0.717, 1.165) is 5.76 Å². The summed E-state index contributed by atoms with van der Waals surface area (Å²) in [7, 11) is 0. The minimum absolute atomic E-state index is 0.207. The van der Waals surface area contributed by atoms with Gasteiger partial charge in [0.15, 0.2) is 0 Å². The predicted octanol–water partition coefficient (Wildman–Crippen LogP) is 2.37. The van der Waals surface area contributed by atoms with Gasteiger partial charge in [-0.25, -0.2) is 4.39 Å². The molecule has 0 saturated carbocycles. The Bertz CT molecular complexity index is 445. The highest BCUT2D eigenvalue weighted by atomic mass is 19.1. The molecule has 1 N–H and O–H groups in total. The van der Waals surface area contributed by atoms with Crippen LogP contribution in [0, 0.1) is 12.7 Å². The van der Waals surface area contributed by atoms with Crippen LogP contribution in [0.15, 0.2) is 22.6 Å². The zero-order valence-corrected chi connectivity index (χ0v) is 7.17. The van der Waals surface area contributed by atoms with E-state index in [1.807, 2.05) is 0 Å². The van der Waals surface area contributed by atoms with Crippen LogP contribution in [0.5, 0.6) is 0 Å². The van der Waals surface area contributed by atoms with Crippen molar-refractivity contribution in [1.82, 2.24) is 0 Å². The average Bonchev–Trinajstić information content (AvgIpc) is 2.43. The Balaban J connectivity index is 2.80. The molecule has 0 amide bonds. The van der Waals surface area contributed by atoms with Gasteiger partial charge in [0.1, 0.15) is 17.2 Å². The fourth-order valence-electron chi connectivity index (χ4n) is 1.43. The number of fused-ring (bicyclic) bond motifs is 1. The van der Waals surface area contributed by atoms with E-state index in [4.69, 9.17) is 9.52 Å². The van der Waals surface area contributed by atoms with Gasteiger partial charge in [-0.05, 0) is 25.1 Å². The number of furan rings is 1. The molecule has 0 saturated heterocycles. The smallest absolute Gasteiger partial charge is 0.139 e. The molecule has 0 aliphatic carbocycles. The number of hydrogen-bond donors (Lipinski definition) is 1. The van der Waals surface area contributed by atoms with Crippen LogP contribution in [0.4, 0.5) is 4.39 Å². The third kappa shape index (κ3) is 1.31. The van der Waals surface area contributed by atoms with Crippen molar-refractivity contribution in [2.24, 2.45) is 0 Å². The lowest BCUT2D eigenvalue weighted by atomic mass is 10.1. The first kappa shape index (κ1) is 8.26. The number of aryl methyl sites for hydroxylation is 1. The first-order valence-electron chi connectivity index (χ1n) is 4.00. The molecule has 0 aliphatic heterocycles. The second kappa shape index (κ2) is 2.85. The maximum Gasteiger partial charge on any atom is 0.139 e. The molecule has 1 aromatic carbocycles. The van der Waals surface area contributed by atoms with Crippen LogP contribution in [0.25, 0.3) is 11.0 Å². The van der Waals surface area contributed by atoms with Crippen molar-refractivity contribution in [1.29, 1.82) is 0 Å². The zero-order valence-electron chi connectivity index (χ0n) is 7.17. The van der Waals surface area contributed by atoms with Gasteiger partial charge in [0, 0.05) is 10.9 Å². The van der Waals surface area contributed by atoms with Crippen molar-refractivity contribution in [2.75, 3.05) is 0 Å². The van der Waals surface area contributed by atoms with E-state index in [2.05, 4.69) is 0 Å². The maximum atomic E-state index is 12.9. The molecule has 0 unspecified atom stereocenters. The molecule has 0 bridgehead atoms. The molecule has 1 aromatic heterocycles. The van der Waals surface area contributed by atoms with Crippen LogP contribution >= 0.6 is 0 Å². The van der Waals surface area contributed by atoms with Crippen molar-refractivity contribution in [3.8, 4) is 0 Å². The van der Waals surface area contributed by atoms with Crippen molar-refractivity contribution in [2.45, 2.75) is 13.5 Å². The SMILES string of the molecule is Cc1cc2cc(F)cc(CO)c2o1. The summed E-state index contributed by atoms with van der Waals surface area (Å²) < 4.78 is 18.3. The maximum absolute atomic E-state index is 12.9. The van der Waals surface area contributed by atoms with E-state index in [1.165, 1.54) is 12.1 Å². The van der Waals surface area contributed by atoms with Gasteiger partial charge in [-0.1, -0.05) is 0 Å². The fourth-order valence-corrected chi connectivity index (χ4v) is 1.43. The summed E-state index contributed by atoms with van der Waals surface area (Å²) >= 11 is 0. The lowest BCUT2D eigenvalue weighted by Gasteiger charge is -1.97. The topological polar surface area (TPSA) is 33.4 Å². The number of aliphatic hydroxyl groups excluding tert-OH is 1. The standard InChI is InChI=1S/C10H9FO2/c1-6-2-7-3-9(11)4-8(5-12)10(7)13-6/h2-4,12H,5H2,1H3. The molecule has 0 spiro atoms. The monoisotopic (exact) mass is 180 g/mol. The van der Waals surface area contributed by atoms with Crippen LogP contribution in [-0.4, -0.2) is 5.11 Å². The van der Waals surface area contributed by atoms with E-state index < -0.39 is 0 Å². The molecular formula is C10H9FO2. The Morgan fingerprint density at radius 3 is 2.85 bits per heavy atom. The predicted molar refractivity (Wildman–Crippen MR) is 46.8 cm³/mol. The number of aliphatic hydroxyl groups is 1. The lowest BCUT2D eigenvalue weighted by Crippen LogP contribution is -1.85. The quantitative estimate of drug-likeness (QED) is 0.730. The number of rotatable bonds is 1. The first-order valence-corrected chi connectivity index (χ1v) is 4.00. The minimum Gasteiger partial charge on any atom is -0.461 e. The average molecular weight is 180 g/mol. The molecule has 0 fully saturated rings. The molecule has 2 rings (SSSR count). The fraction of sp³-hybridized carbons (Fsp3) is 0.200. The van der Waals surface area contributed by atoms with Gasteiger partial charge in [-0.15, -0.1) is 0 Å². The molecular weight excluding hydrogens is 171 g/mol. The van der Waals surface area contributed by atoms with E-state index in [-0.39, 0.29) is 12.4 Å². The molecule has 2 aromatic rings. The summed E-state index contributed by atoms with van der Waals surface area (Å²) in [6.07, 6.45) is 0. The van der Waals surface area contributed by atoms with Gasteiger partial charge in [0.25, 0.3) is 0 Å². The molecule has 68 valence electrons. The van der Waals surface area contributed by atoms with Gasteiger partial charge in [0.05, 0.1) is 6.61 Å². The molecule has 3 heteroatoms. The molecule has 13 heavy (non-hydrogen) atoms. The van der Waals surface area contributed by atoms with Crippen LogP contribution in [-0.2, 0) is 6.61 Å². The molecule has 2 nitrogen and oxygen atoms in total. The van der Waals surface area contributed by atoms with Crippen LogP contribution in [0.1, 0.15) is 11.3 Å². The highest BCUT2D eigenvalue weighted by molar-refractivity contribution is 5.81. The van der Waals surface area contributed by atoms with Gasteiger partial charge in [0.2, 0.25) is 0 Å². The van der Waals surface area contributed by atoms with E-state index in [9.17, 15) is 4.39 Å². The third-order valence-corrected chi connectivity index (χ3v) is 1.95. The lowest BCUT2D eigenvalue weighted by molar-refractivity contribution is 0.281. The van der Waals surface area contributed by atoms with Gasteiger partial charge < -0.3 is 9.52 Å². The minimum atomic E-state index is -0.350. The summed E-state index contributed by atoms with van der Waals surface area (Å²) in [4.78, 5) is 0. The van der Waals surface area contributed by atoms with Crippen molar-refractivity contribution >= 4 is 11.0 Å². The molecule has 0 radical (unpaired) electrons. The van der Waals surface area contributed by atoms with Crippen molar-refractivity contribution in [3.05, 3.63) is 35.3 Å². The number of halogens is 1. The van der Waals surface area contributed by atoms with E-state index >= 15 is 0 Å². The van der Waals surface area contributed by atoms with Crippen molar-refractivity contribution < 1.29 is 13.9 Å². The number of hydrogen-bond acceptors (Lipinski definition) is 2. The molecule has 0 atom stereocenters. The summed E-state index contributed by atoms with van der Waals surface area (Å²) in [5.41, 5.74) is 1.06. The van der Waals surface area contributed by atoms with E-state index in [0.29, 0.717) is 16.5 Å². The third-order valence-electron chi connectivity index (χ3n) is 1.95. The first-order chi connectivity index (χ1) is 6.20. The summed E-state index contributed by atoms with van der Waals surface area (Å²) in [6, 6.07) is 4.42. The molecule has 0 aliphatic rings. The Morgan fingerprint density at radius 1 is 1.38 bits per heavy atom. The Kier molecular flexibility index (Phi) is 1.81. The van der Waals surface area contributed by atoms with Crippen LogP contribution in [0.3, 0.4) is 0 Å². The zero-order chi connectivity index (χ0) is 9.42. The highest BCUT2D eigenvalue weighted by Gasteiger charge is 2.07. The normalized spacial score (nSPS) is 11.0. The van der Waals surface area contributed by atoms with Crippen molar-refractivity contribution in [3.63, 3.8) is 0 Å². The highest BCUT2D eigenvalue weighted by Crippen LogP contribution is 2.24. The number of benzene rings is 1. The summed E-state index contributed by atoms with van der Waals surface area (Å²) in [5, 5.41) is 9.64. The van der Waals surface area contributed by atoms with Gasteiger partial charge in [-0.3, -0.25) is 0 Å². The Morgan fingerprint density at radius 2 is 2.15 bits per heavy atom. The van der Waals surface area contributed by atoms with Crippen LogP contribution in [0.2, 0.25) is 0 Å². The summed E-state index contributed by atoms with van der Waals surface area (Å²) in [6.45, 7) is 1.58.